The van der Waals surface area contributed by atoms with Gasteiger partial charge in [-0.15, -0.1) is 0 Å². The van der Waals surface area contributed by atoms with Crippen molar-refractivity contribution in [2.45, 2.75) is 5.41 Å². The SMILES string of the molecule is CO/C=C(\N)c1cccc(-c2ccc3c(c2)C(c2ccccc2)(c2ccccc2)c2cc(-c4cccc(C5=CC(=O)N5)c4)c4ccccc4c2-3)c1. The second kappa shape index (κ2) is 12.0. The van der Waals surface area contributed by atoms with E-state index < -0.39 is 5.41 Å². The Morgan fingerprint density at radius 1 is 0.608 bits per heavy atom. The van der Waals surface area contributed by atoms with Crippen LogP contribution in [0.5, 0.6) is 0 Å². The molecular weight excluding hydrogens is 625 g/mol. The topological polar surface area (TPSA) is 64.3 Å². The Morgan fingerprint density at radius 2 is 1.24 bits per heavy atom. The normalized spacial score (nSPS) is 14.3. The van der Waals surface area contributed by atoms with E-state index in [4.69, 9.17) is 10.5 Å². The van der Waals surface area contributed by atoms with Gasteiger partial charge >= 0.3 is 0 Å². The Morgan fingerprint density at radius 3 is 1.94 bits per heavy atom. The number of fused-ring (bicyclic) bond motifs is 5. The summed E-state index contributed by atoms with van der Waals surface area (Å²) in [4.78, 5) is 11.8. The van der Waals surface area contributed by atoms with Gasteiger partial charge in [0.25, 0.3) is 0 Å². The summed E-state index contributed by atoms with van der Waals surface area (Å²) in [7, 11) is 1.61. The molecule has 1 amide bonds. The van der Waals surface area contributed by atoms with Gasteiger partial charge in [0.15, 0.2) is 0 Å². The van der Waals surface area contributed by atoms with Crippen LogP contribution in [0, 0.1) is 0 Å². The van der Waals surface area contributed by atoms with Gasteiger partial charge in [-0.3, -0.25) is 4.79 Å². The summed E-state index contributed by atoms with van der Waals surface area (Å²) >= 11 is 0. The van der Waals surface area contributed by atoms with Crippen LogP contribution in [0.3, 0.4) is 0 Å². The molecular formula is C47H34N2O2. The molecule has 1 aliphatic heterocycles. The second-order valence-corrected chi connectivity index (χ2v) is 13.2. The number of carbonyl (C=O) groups excluding carboxylic acids is 1. The lowest BCUT2D eigenvalue weighted by Crippen LogP contribution is -2.29. The van der Waals surface area contributed by atoms with E-state index >= 15 is 0 Å². The Kier molecular flexibility index (Phi) is 7.18. The van der Waals surface area contributed by atoms with E-state index in [0.717, 1.165) is 39.1 Å². The van der Waals surface area contributed by atoms with Crippen LogP contribution in [-0.2, 0) is 14.9 Å². The minimum absolute atomic E-state index is 0.0624. The monoisotopic (exact) mass is 658 g/mol. The van der Waals surface area contributed by atoms with E-state index in [2.05, 4.69) is 145 Å². The number of ether oxygens (including phenoxy) is 1. The lowest BCUT2D eigenvalue weighted by Gasteiger charge is -2.34. The van der Waals surface area contributed by atoms with Crippen LogP contribution in [0.4, 0.5) is 0 Å². The highest BCUT2D eigenvalue weighted by molar-refractivity contribution is 6.11. The Labute approximate surface area is 297 Å². The maximum absolute atomic E-state index is 11.8. The van der Waals surface area contributed by atoms with Crippen molar-refractivity contribution in [3.05, 3.63) is 203 Å². The molecule has 2 aliphatic rings. The quantitative estimate of drug-likeness (QED) is 0.168. The first-order chi connectivity index (χ1) is 25.1. The van der Waals surface area contributed by atoms with Gasteiger partial charge in [0.05, 0.1) is 23.9 Å². The lowest BCUT2D eigenvalue weighted by molar-refractivity contribution is -0.116. The largest absolute Gasteiger partial charge is 0.502 e. The van der Waals surface area contributed by atoms with E-state index in [-0.39, 0.29) is 5.91 Å². The fraction of sp³-hybridized carbons (Fsp3) is 0.0426. The molecule has 0 unspecified atom stereocenters. The van der Waals surface area contributed by atoms with Crippen LogP contribution in [0.15, 0.2) is 170 Å². The third-order valence-electron chi connectivity index (χ3n) is 10.3. The van der Waals surface area contributed by atoms with Crippen LogP contribution in [0.2, 0.25) is 0 Å². The van der Waals surface area contributed by atoms with Gasteiger partial charge in [-0.25, -0.2) is 0 Å². The maximum Gasteiger partial charge on any atom is 0.250 e. The van der Waals surface area contributed by atoms with Gasteiger partial charge < -0.3 is 15.8 Å². The molecule has 51 heavy (non-hydrogen) atoms. The van der Waals surface area contributed by atoms with Crippen LogP contribution in [-0.4, -0.2) is 13.0 Å². The van der Waals surface area contributed by atoms with Gasteiger partial charge in [0.1, 0.15) is 6.26 Å². The number of hydrogen-bond donors (Lipinski definition) is 2. The summed E-state index contributed by atoms with van der Waals surface area (Å²) in [6.07, 6.45) is 3.23. The van der Waals surface area contributed by atoms with Gasteiger partial charge in [0.2, 0.25) is 5.91 Å². The number of rotatable bonds is 7. The summed E-state index contributed by atoms with van der Waals surface area (Å²) in [5, 5.41) is 5.31. The van der Waals surface area contributed by atoms with Crippen LogP contribution >= 0.6 is 0 Å². The second-order valence-electron chi connectivity index (χ2n) is 13.2. The molecule has 4 nitrogen and oxygen atoms in total. The van der Waals surface area contributed by atoms with E-state index in [0.29, 0.717) is 5.70 Å². The van der Waals surface area contributed by atoms with Gasteiger partial charge in [-0.2, -0.15) is 0 Å². The maximum atomic E-state index is 11.8. The third-order valence-corrected chi connectivity index (χ3v) is 10.3. The number of amides is 1. The highest BCUT2D eigenvalue weighted by Crippen LogP contribution is 2.59. The molecule has 9 rings (SSSR count). The molecule has 0 radical (unpaired) electrons. The third kappa shape index (κ3) is 4.79. The highest BCUT2D eigenvalue weighted by atomic mass is 16.5. The Hall–Kier alpha value is -6.65. The van der Waals surface area contributed by atoms with Crippen molar-refractivity contribution < 1.29 is 9.53 Å². The van der Waals surface area contributed by atoms with Crippen molar-refractivity contribution in [1.29, 1.82) is 0 Å². The minimum atomic E-state index is -0.614. The summed E-state index contributed by atoms with van der Waals surface area (Å²) in [6.45, 7) is 0. The number of benzene rings is 7. The lowest BCUT2D eigenvalue weighted by atomic mass is 9.67. The fourth-order valence-corrected chi connectivity index (χ4v) is 8.10. The van der Waals surface area contributed by atoms with E-state index in [9.17, 15) is 4.79 Å². The minimum Gasteiger partial charge on any atom is -0.502 e. The van der Waals surface area contributed by atoms with Crippen molar-refractivity contribution in [3.63, 3.8) is 0 Å². The summed E-state index contributed by atoms with van der Waals surface area (Å²) in [5.41, 5.74) is 20.8. The number of methoxy groups -OCH3 is 1. The van der Waals surface area contributed by atoms with Gasteiger partial charge in [-0.1, -0.05) is 133 Å². The average molecular weight is 659 g/mol. The molecule has 3 N–H and O–H groups in total. The van der Waals surface area contributed by atoms with Crippen molar-refractivity contribution >= 4 is 28.1 Å². The van der Waals surface area contributed by atoms with E-state index in [1.165, 1.54) is 44.2 Å². The van der Waals surface area contributed by atoms with Crippen molar-refractivity contribution in [1.82, 2.24) is 5.32 Å². The first-order valence-corrected chi connectivity index (χ1v) is 17.1. The molecule has 0 fully saturated rings. The summed E-state index contributed by atoms with van der Waals surface area (Å²) < 4.78 is 5.23. The van der Waals surface area contributed by atoms with E-state index in [1.54, 1.807) is 19.4 Å². The Balaban J connectivity index is 1.37. The highest BCUT2D eigenvalue weighted by Gasteiger charge is 2.47. The standard InChI is InChI=1S/C47H34N2O2/c1-51-29-43(48)33-14-10-12-30(24-33)31-22-23-39-41(26-31)47(35-16-4-2-5-17-35,36-18-6-3-7-19-36)42-27-40(37-20-8-9-21-38(37)46(39)42)32-13-11-15-34(25-32)44-28-45(50)49-44/h2-29H,48H2,1H3,(H,49,50)/b43-29-. The molecule has 1 heterocycles. The predicted octanol–water partition coefficient (Wildman–Crippen LogP) is 9.91. The smallest absolute Gasteiger partial charge is 0.250 e. The number of nitrogens with one attached hydrogen (secondary N) is 1. The molecule has 1 aliphatic carbocycles. The average Bonchev–Trinajstić information content (AvgIpc) is 3.47. The number of nitrogens with two attached hydrogens (primary N) is 1. The zero-order chi connectivity index (χ0) is 34.5. The van der Waals surface area contributed by atoms with Crippen molar-refractivity contribution in [2.24, 2.45) is 5.73 Å². The summed E-state index contributed by atoms with van der Waals surface area (Å²) in [6, 6.07) is 56.7. The molecule has 0 saturated carbocycles. The van der Waals surface area contributed by atoms with Crippen LogP contribution in [0.1, 0.15) is 33.4 Å². The molecule has 0 bridgehead atoms. The molecule has 0 aromatic heterocycles. The van der Waals surface area contributed by atoms with Gasteiger partial charge in [-0.05, 0) is 96.2 Å². The van der Waals surface area contributed by atoms with Crippen molar-refractivity contribution in [3.8, 4) is 33.4 Å². The number of hydrogen-bond acceptors (Lipinski definition) is 3. The first-order valence-electron chi connectivity index (χ1n) is 17.1. The molecule has 7 aromatic rings. The number of carbonyl (C=O) groups is 1. The molecule has 0 spiro atoms. The van der Waals surface area contributed by atoms with Gasteiger partial charge in [0, 0.05) is 11.6 Å². The summed E-state index contributed by atoms with van der Waals surface area (Å²) in [5.74, 6) is -0.0624. The zero-order valence-electron chi connectivity index (χ0n) is 28.1. The first kappa shape index (κ1) is 30.4. The molecule has 0 atom stereocenters. The molecule has 0 saturated heterocycles. The fourth-order valence-electron chi connectivity index (χ4n) is 8.10. The van der Waals surface area contributed by atoms with Crippen LogP contribution in [0.25, 0.3) is 55.5 Å². The van der Waals surface area contributed by atoms with Crippen LogP contribution < -0.4 is 11.1 Å². The zero-order valence-corrected chi connectivity index (χ0v) is 28.1. The molecule has 7 aromatic carbocycles. The molecule has 4 heteroatoms. The Bertz CT molecular complexity index is 2530. The predicted molar refractivity (Wildman–Crippen MR) is 207 cm³/mol. The van der Waals surface area contributed by atoms with Crippen molar-refractivity contribution in [2.75, 3.05) is 7.11 Å². The molecule has 244 valence electrons. The van der Waals surface area contributed by atoms with E-state index in [1.807, 2.05) is 18.2 Å².